The summed E-state index contributed by atoms with van der Waals surface area (Å²) in [4.78, 5) is 4.25. The Morgan fingerprint density at radius 3 is 2.38 bits per heavy atom. The molecule has 0 unspecified atom stereocenters. The van der Waals surface area contributed by atoms with Crippen LogP contribution < -0.4 is 10.6 Å². The van der Waals surface area contributed by atoms with Crippen molar-refractivity contribution in [1.82, 2.24) is 10.6 Å². The molecule has 0 heterocycles. The second kappa shape index (κ2) is 6.77. The van der Waals surface area contributed by atoms with Crippen LogP contribution in [-0.2, 0) is 0 Å². The van der Waals surface area contributed by atoms with Crippen LogP contribution in [0.2, 0.25) is 0 Å². The van der Waals surface area contributed by atoms with Crippen molar-refractivity contribution < 1.29 is 0 Å². The molecule has 1 rings (SSSR count). The van der Waals surface area contributed by atoms with E-state index in [4.69, 9.17) is 0 Å². The Labute approximate surface area is 100 Å². The highest BCUT2D eigenvalue weighted by molar-refractivity contribution is 5.79. The van der Waals surface area contributed by atoms with Gasteiger partial charge in [-0.2, -0.15) is 0 Å². The molecule has 0 amide bonds. The van der Waals surface area contributed by atoms with Gasteiger partial charge in [0.25, 0.3) is 0 Å². The second-order valence-electron chi connectivity index (χ2n) is 4.91. The fourth-order valence-electron chi connectivity index (χ4n) is 2.52. The van der Waals surface area contributed by atoms with Crippen LogP contribution in [0.25, 0.3) is 0 Å². The van der Waals surface area contributed by atoms with Crippen LogP contribution in [0, 0.1) is 5.41 Å². The van der Waals surface area contributed by atoms with Crippen molar-refractivity contribution in [2.45, 2.75) is 52.4 Å². The topological polar surface area (TPSA) is 36.4 Å². The van der Waals surface area contributed by atoms with E-state index in [1.165, 1.54) is 32.1 Å². The lowest BCUT2D eigenvalue weighted by Gasteiger charge is -2.28. The average molecular weight is 225 g/mol. The molecule has 0 aromatic carbocycles. The van der Waals surface area contributed by atoms with E-state index in [0.29, 0.717) is 5.41 Å². The molecule has 0 aromatic heterocycles. The zero-order valence-electron chi connectivity index (χ0n) is 11.1. The van der Waals surface area contributed by atoms with Crippen LogP contribution in [0.3, 0.4) is 0 Å². The fourth-order valence-corrected chi connectivity index (χ4v) is 2.52. The lowest BCUT2D eigenvalue weighted by Crippen LogP contribution is -2.43. The number of rotatable bonds is 5. The van der Waals surface area contributed by atoms with Crippen LogP contribution in [-0.4, -0.2) is 26.1 Å². The first-order valence-corrected chi connectivity index (χ1v) is 6.71. The van der Waals surface area contributed by atoms with Crippen molar-refractivity contribution in [2.75, 3.05) is 20.1 Å². The molecule has 0 spiro atoms. The maximum atomic E-state index is 4.25. The van der Waals surface area contributed by atoms with Gasteiger partial charge in [-0.05, 0) is 31.1 Å². The van der Waals surface area contributed by atoms with E-state index in [9.17, 15) is 0 Å². The minimum Gasteiger partial charge on any atom is -0.356 e. The number of aliphatic imine (C=N–C) groups is 1. The van der Waals surface area contributed by atoms with E-state index in [1.54, 1.807) is 0 Å². The molecule has 94 valence electrons. The Bertz CT molecular complexity index is 217. The summed E-state index contributed by atoms with van der Waals surface area (Å²) in [5.74, 6) is 0.960. The molecule has 0 atom stereocenters. The van der Waals surface area contributed by atoms with Gasteiger partial charge in [-0.15, -0.1) is 0 Å². The summed E-state index contributed by atoms with van der Waals surface area (Å²) in [6, 6.07) is 0. The van der Waals surface area contributed by atoms with Gasteiger partial charge in [0.15, 0.2) is 5.96 Å². The van der Waals surface area contributed by atoms with Crippen LogP contribution >= 0.6 is 0 Å². The summed E-state index contributed by atoms with van der Waals surface area (Å²) < 4.78 is 0. The molecule has 0 aromatic rings. The minimum atomic E-state index is 0.532. The van der Waals surface area contributed by atoms with E-state index in [2.05, 4.69) is 29.5 Å². The maximum Gasteiger partial charge on any atom is 0.190 e. The van der Waals surface area contributed by atoms with E-state index >= 15 is 0 Å². The van der Waals surface area contributed by atoms with E-state index in [-0.39, 0.29) is 0 Å². The third-order valence-electron chi connectivity index (χ3n) is 3.81. The van der Waals surface area contributed by atoms with Crippen molar-refractivity contribution in [3.8, 4) is 0 Å². The highest BCUT2D eigenvalue weighted by Gasteiger charge is 2.31. The second-order valence-corrected chi connectivity index (χ2v) is 4.91. The third-order valence-corrected chi connectivity index (χ3v) is 3.81. The normalized spacial score (nSPS) is 19.8. The minimum absolute atomic E-state index is 0.532. The van der Waals surface area contributed by atoms with Crippen molar-refractivity contribution in [3.05, 3.63) is 0 Å². The molecule has 3 nitrogen and oxygen atoms in total. The van der Waals surface area contributed by atoms with Crippen molar-refractivity contribution in [1.29, 1.82) is 0 Å². The first kappa shape index (κ1) is 13.3. The third kappa shape index (κ3) is 3.69. The molecule has 0 aliphatic heterocycles. The average Bonchev–Trinajstić information content (AvgIpc) is 2.79. The Kier molecular flexibility index (Phi) is 5.64. The molecule has 2 N–H and O–H groups in total. The highest BCUT2D eigenvalue weighted by atomic mass is 15.2. The maximum absolute atomic E-state index is 4.25. The Morgan fingerprint density at radius 1 is 1.19 bits per heavy atom. The van der Waals surface area contributed by atoms with Gasteiger partial charge in [0.05, 0.1) is 0 Å². The SMILES string of the molecule is CCCNC(=NC)NCC1(CC)CCCC1. The molecule has 1 aliphatic rings. The van der Waals surface area contributed by atoms with Gasteiger partial charge < -0.3 is 10.6 Å². The van der Waals surface area contributed by atoms with Crippen molar-refractivity contribution in [3.63, 3.8) is 0 Å². The Hall–Kier alpha value is -0.730. The molecule has 1 aliphatic carbocycles. The lowest BCUT2D eigenvalue weighted by molar-refractivity contribution is 0.283. The summed E-state index contributed by atoms with van der Waals surface area (Å²) in [5.41, 5.74) is 0.532. The number of nitrogens with zero attached hydrogens (tertiary/aromatic N) is 1. The van der Waals surface area contributed by atoms with Crippen molar-refractivity contribution in [2.24, 2.45) is 10.4 Å². The molecule has 0 bridgehead atoms. The zero-order valence-corrected chi connectivity index (χ0v) is 11.1. The van der Waals surface area contributed by atoms with Gasteiger partial charge >= 0.3 is 0 Å². The highest BCUT2D eigenvalue weighted by Crippen LogP contribution is 2.40. The first-order chi connectivity index (χ1) is 7.76. The van der Waals surface area contributed by atoms with Gasteiger partial charge in [0.2, 0.25) is 0 Å². The molecule has 3 heteroatoms. The monoisotopic (exact) mass is 225 g/mol. The van der Waals surface area contributed by atoms with Gasteiger partial charge in [-0.3, -0.25) is 4.99 Å². The molecule has 16 heavy (non-hydrogen) atoms. The Morgan fingerprint density at radius 2 is 1.88 bits per heavy atom. The van der Waals surface area contributed by atoms with Crippen molar-refractivity contribution >= 4 is 5.96 Å². The van der Waals surface area contributed by atoms with Crippen LogP contribution in [0.15, 0.2) is 4.99 Å². The number of hydrogen-bond donors (Lipinski definition) is 2. The van der Waals surface area contributed by atoms with Crippen LogP contribution in [0.4, 0.5) is 0 Å². The number of guanidine groups is 1. The van der Waals surface area contributed by atoms with Gasteiger partial charge in [0, 0.05) is 20.1 Å². The molecular formula is C13H27N3. The molecule has 0 saturated heterocycles. The molecule has 1 saturated carbocycles. The Balaban J connectivity index is 2.36. The summed E-state index contributed by atoms with van der Waals surface area (Å²) in [6.07, 6.45) is 7.97. The number of hydrogen-bond acceptors (Lipinski definition) is 1. The summed E-state index contributed by atoms with van der Waals surface area (Å²) in [6.45, 7) is 6.56. The van der Waals surface area contributed by atoms with E-state index in [1.807, 2.05) is 7.05 Å². The van der Waals surface area contributed by atoms with Gasteiger partial charge in [0.1, 0.15) is 0 Å². The first-order valence-electron chi connectivity index (χ1n) is 6.71. The summed E-state index contributed by atoms with van der Waals surface area (Å²) >= 11 is 0. The van der Waals surface area contributed by atoms with E-state index in [0.717, 1.165) is 25.5 Å². The molecule has 0 radical (unpaired) electrons. The van der Waals surface area contributed by atoms with Gasteiger partial charge in [-0.1, -0.05) is 26.7 Å². The predicted molar refractivity (Wildman–Crippen MR) is 70.8 cm³/mol. The quantitative estimate of drug-likeness (QED) is 0.557. The molecular weight excluding hydrogens is 198 g/mol. The van der Waals surface area contributed by atoms with Gasteiger partial charge in [-0.25, -0.2) is 0 Å². The molecule has 1 fully saturated rings. The summed E-state index contributed by atoms with van der Waals surface area (Å²) in [5, 5.41) is 6.80. The van der Waals surface area contributed by atoms with E-state index < -0.39 is 0 Å². The standard InChI is InChI=1S/C13H27N3/c1-4-10-15-12(14-3)16-11-13(5-2)8-6-7-9-13/h4-11H2,1-3H3,(H2,14,15,16). The zero-order chi connectivity index (χ0) is 11.9. The fraction of sp³-hybridized carbons (Fsp3) is 0.923. The largest absolute Gasteiger partial charge is 0.356 e. The lowest BCUT2D eigenvalue weighted by atomic mass is 9.83. The number of nitrogens with one attached hydrogen (secondary N) is 2. The van der Waals surface area contributed by atoms with Crippen LogP contribution in [0.1, 0.15) is 52.4 Å². The summed E-state index contributed by atoms with van der Waals surface area (Å²) in [7, 11) is 1.85. The van der Waals surface area contributed by atoms with Crippen LogP contribution in [0.5, 0.6) is 0 Å². The smallest absolute Gasteiger partial charge is 0.190 e. The predicted octanol–water partition coefficient (Wildman–Crippen LogP) is 2.53.